The molecule has 0 saturated carbocycles. The number of likely N-dealkylation sites (tertiary alicyclic amines) is 1. The summed E-state index contributed by atoms with van der Waals surface area (Å²) in [6.45, 7) is 0.388. The number of carbonyl (C=O) groups excluding carboxylic acids is 3. The van der Waals surface area contributed by atoms with Gasteiger partial charge in [-0.15, -0.1) is 0 Å². The van der Waals surface area contributed by atoms with Crippen LogP contribution in [0.5, 0.6) is 5.75 Å². The molecule has 3 amide bonds. The molecule has 0 atom stereocenters. The monoisotopic (exact) mass is 360 g/mol. The zero-order chi connectivity index (χ0) is 18.9. The highest BCUT2D eigenvalue weighted by Gasteiger charge is 2.33. The summed E-state index contributed by atoms with van der Waals surface area (Å²) < 4.78 is 5.17. The lowest BCUT2D eigenvalue weighted by Gasteiger charge is -2.13. The van der Waals surface area contributed by atoms with Gasteiger partial charge in [0, 0.05) is 18.5 Å². The first kappa shape index (κ1) is 19.7. The number of hydroxylamine groups is 1. The van der Waals surface area contributed by atoms with Crippen LogP contribution in [0.1, 0.15) is 44.1 Å². The molecule has 26 heavy (non-hydrogen) atoms. The molecule has 1 aliphatic heterocycles. The minimum atomic E-state index is -0.401. The van der Waals surface area contributed by atoms with Gasteiger partial charge in [0.05, 0.1) is 13.5 Å². The van der Waals surface area contributed by atoms with Crippen LogP contribution in [-0.4, -0.2) is 41.5 Å². The molecular formula is C19H24N2O5. The topological polar surface area (TPSA) is 95.9 Å². The van der Waals surface area contributed by atoms with Gasteiger partial charge < -0.3 is 4.74 Å². The van der Waals surface area contributed by atoms with Gasteiger partial charge in [-0.2, -0.15) is 0 Å². The highest BCUT2D eigenvalue weighted by atomic mass is 16.5. The molecule has 0 aliphatic carbocycles. The molecule has 1 aromatic carbocycles. The zero-order valence-corrected chi connectivity index (χ0v) is 14.9. The molecule has 0 unspecified atom stereocenters. The van der Waals surface area contributed by atoms with E-state index in [-0.39, 0.29) is 24.7 Å². The van der Waals surface area contributed by atoms with Gasteiger partial charge in [0.25, 0.3) is 5.91 Å². The second kappa shape index (κ2) is 9.72. The number of carbonyl (C=O) groups is 3. The molecule has 7 nitrogen and oxygen atoms in total. The van der Waals surface area contributed by atoms with E-state index < -0.39 is 5.91 Å². The van der Waals surface area contributed by atoms with Crippen LogP contribution >= 0.6 is 0 Å². The van der Waals surface area contributed by atoms with E-state index in [0.29, 0.717) is 30.7 Å². The Morgan fingerprint density at radius 1 is 1.27 bits per heavy atom. The maximum absolute atomic E-state index is 12.4. The number of benzene rings is 1. The number of ether oxygens (including phenoxy) is 1. The van der Waals surface area contributed by atoms with Gasteiger partial charge in [0.15, 0.2) is 0 Å². The van der Waals surface area contributed by atoms with Gasteiger partial charge in [-0.25, -0.2) is 5.48 Å². The maximum atomic E-state index is 12.4. The van der Waals surface area contributed by atoms with E-state index in [9.17, 15) is 14.4 Å². The summed E-state index contributed by atoms with van der Waals surface area (Å²) in [5.74, 6) is -0.119. The van der Waals surface area contributed by atoms with Crippen molar-refractivity contribution in [3.8, 4) is 5.75 Å². The van der Waals surface area contributed by atoms with Crippen LogP contribution in [0.2, 0.25) is 0 Å². The summed E-state index contributed by atoms with van der Waals surface area (Å²) in [6, 6.07) is 7.33. The fourth-order valence-electron chi connectivity index (χ4n) is 2.86. The van der Waals surface area contributed by atoms with Gasteiger partial charge in [0.2, 0.25) is 11.8 Å². The van der Waals surface area contributed by atoms with Gasteiger partial charge in [-0.1, -0.05) is 25.0 Å². The Morgan fingerprint density at radius 2 is 2.04 bits per heavy atom. The number of rotatable bonds is 9. The van der Waals surface area contributed by atoms with Crippen LogP contribution in [0.3, 0.4) is 0 Å². The number of nitrogens with zero attached hydrogens (tertiary/aromatic N) is 1. The summed E-state index contributed by atoms with van der Waals surface area (Å²) >= 11 is 0. The molecule has 1 aliphatic rings. The number of methoxy groups -OCH3 is 1. The summed E-state index contributed by atoms with van der Waals surface area (Å²) in [4.78, 5) is 36.8. The van der Waals surface area contributed by atoms with Crippen molar-refractivity contribution < 1.29 is 24.3 Å². The number of imide groups is 1. The predicted molar refractivity (Wildman–Crippen MR) is 95.3 cm³/mol. The quantitative estimate of drug-likeness (QED) is 0.232. The predicted octanol–water partition coefficient (Wildman–Crippen LogP) is 2.29. The Labute approximate surface area is 152 Å². The number of hydrogen-bond donors (Lipinski definition) is 2. The van der Waals surface area contributed by atoms with Crippen molar-refractivity contribution in [3.05, 3.63) is 35.4 Å². The third kappa shape index (κ3) is 5.42. The van der Waals surface area contributed by atoms with E-state index in [0.717, 1.165) is 18.4 Å². The molecule has 1 saturated heterocycles. The molecule has 0 radical (unpaired) electrons. The van der Waals surface area contributed by atoms with E-state index in [4.69, 9.17) is 9.94 Å². The van der Waals surface area contributed by atoms with Crippen LogP contribution in [-0.2, 0) is 14.4 Å². The summed E-state index contributed by atoms with van der Waals surface area (Å²) in [5.41, 5.74) is 2.91. The van der Waals surface area contributed by atoms with Crippen molar-refractivity contribution in [2.45, 2.75) is 38.5 Å². The van der Waals surface area contributed by atoms with E-state index >= 15 is 0 Å². The molecular weight excluding hydrogens is 336 g/mol. The van der Waals surface area contributed by atoms with Crippen LogP contribution < -0.4 is 10.2 Å². The molecule has 2 N–H and O–H groups in total. The summed E-state index contributed by atoms with van der Waals surface area (Å²) in [6.07, 6.45) is 5.09. The average Bonchev–Trinajstić information content (AvgIpc) is 2.91. The van der Waals surface area contributed by atoms with Crippen molar-refractivity contribution in [3.63, 3.8) is 0 Å². The van der Waals surface area contributed by atoms with Gasteiger partial charge >= 0.3 is 0 Å². The minimum absolute atomic E-state index is 0.118. The second-order valence-corrected chi connectivity index (χ2v) is 6.17. The van der Waals surface area contributed by atoms with Crippen LogP contribution in [0, 0.1) is 0 Å². The van der Waals surface area contributed by atoms with Crippen molar-refractivity contribution >= 4 is 23.8 Å². The zero-order valence-electron chi connectivity index (χ0n) is 14.9. The molecule has 7 heteroatoms. The minimum Gasteiger partial charge on any atom is -0.497 e. The van der Waals surface area contributed by atoms with E-state index in [1.54, 1.807) is 18.7 Å². The van der Waals surface area contributed by atoms with E-state index in [1.807, 2.05) is 24.3 Å². The Bertz CT molecular complexity index is 699. The first-order valence-electron chi connectivity index (χ1n) is 8.67. The Hall–Kier alpha value is -2.67. The molecule has 0 bridgehead atoms. The number of amides is 3. The third-order valence-corrected chi connectivity index (χ3v) is 4.26. The second-order valence-electron chi connectivity index (χ2n) is 6.17. The largest absolute Gasteiger partial charge is 0.497 e. The standard InChI is InChI=1S/C19H24N2O5/c1-26-16-8-6-7-14(12-16)11-15-13-18(23)21(19(15)24)10-5-3-2-4-9-17(22)20-25/h6-8,11-12,25H,2-5,9-10,13H2,1H3,(H,20,22). The van der Waals surface area contributed by atoms with Gasteiger partial charge in [-0.05, 0) is 36.6 Å². The lowest BCUT2D eigenvalue weighted by Crippen LogP contribution is -2.30. The molecule has 0 aromatic heterocycles. The van der Waals surface area contributed by atoms with Crippen molar-refractivity contribution in [2.24, 2.45) is 0 Å². The van der Waals surface area contributed by atoms with E-state index in [2.05, 4.69) is 0 Å². The smallest absolute Gasteiger partial charge is 0.256 e. The van der Waals surface area contributed by atoms with Crippen LogP contribution in [0.15, 0.2) is 29.8 Å². The van der Waals surface area contributed by atoms with Crippen molar-refractivity contribution in [1.82, 2.24) is 10.4 Å². The van der Waals surface area contributed by atoms with Crippen molar-refractivity contribution in [2.75, 3.05) is 13.7 Å². The number of nitrogens with one attached hydrogen (secondary N) is 1. The van der Waals surface area contributed by atoms with Gasteiger partial charge in [-0.3, -0.25) is 24.5 Å². The molecule has 1 fully saturated rings. The Morgan fingerprint density at radius 3 is 2.77 bits per heavy atom. The van der Waals surface area contributed by atoms with E-state index in [1.165, 1.54) is 4.90 Å². The van der Waals surface area contributed by atoms with Gasteiger partial charge in [0.1, 0.15) is 5.75 Å². The van der Waals surface area contributed by atoms with Crippen LogP contribution in [0.25, 0.3) is 6.08 Å². The SMILES string of the molecule is COc1cccc(C=C2CC(=O)N(CCCCCCC(=O)NO)C2=O)c1. The number of hydrogen-bond acceptors (Lipinski definition) is 5. The molecule has 1 aromatic rings. The summed E-state index contributed by atoms with van der Waals surface area (Å²) in [5, 5.41) is 8.41. The Kier molecular flexibility index (Phi) is 7.35. The average molecular weight is 360 g/mol. The molecule has 2 rings (SSSR count). The maximum Gasteiger partial charge on any atom is 0.256 e. The van der Waals surface area contributed by atoms with Crippen LogP contribution in [0.4, 0.5) is 0 Å². The molecule has 0 spiro atoms. The normalized spacial score (nSPS) is 15.6. The first-order valence-corrected chi connectivity index (χ1v) is 8.67. The highest BCUT2D eigenvalue weighted by molar-refractivity contribution is 6.15. The fraction of sp³-hybridized carbons (Fsp3) is 0.421. The third-order valence-electron chi connectivity index (χ3n) is 4.26. The highest BCUT2D eigenvalue weighted by Crippen LogP contribution is 2.23. The fourth-order valence-corrected chi connectivity index (χ4v) is 2.86. The lowest BCUT2D eigenvalue weighted by molar-refractivity contribution is -0.137. The molecule has 140 valence electrons. The lowest BCUT2D eigenvalue weighted by atomic mass is 10.1. The Balaban J connectivity index is 1.84. The number of unbranched alkanes of at least 4 members (excludes halogenated alkanes) is 3. The molecule has 1 heterocycles. The first-order chi connectivity index (χ1) is 12.5. The van der Waals surface area contributed by atoms with Crippen molar-refractivity contribution in [1.29, 1.82) is 0 Å². The summed E-state index contributed by atoms with van der Waals surface area (Å²) in [7, 11) is 1.58.